The number of aromatic nitrogens is 4. The Morgan fingerprint density at radius 2 is 1.09 bits per heavy atom. The van der Waals surface area contributed by atoms with Gasteiger partial charge in [0.25, 0.3) is 0 Å². The zero-order valence-electron chi connectivity index (χ0n) is 29.6. The summed E-state index contributed by atoms with van der Waals surface area (Å²) in [7, 11) is -0.868. The summed E-state index contributed by atoms with van der Waals surface area (Å²) < 4.78 is 5.08. The van der Waals surface area contributed by atoms with Crippen LogP contribution in [0.4, 0.5) is 0 Å². The van der Waals surface area contributed by atoms with E-state index in [0.717, 1.165) is 16.7 Å². The number of nitrogens with zero attached hydrogens (tertiary/aromatic N) is 3. The van der Waals surface area contributed by atoms with Gasteiger partial charge >= 0.3 is 317 Å². The Kier molecular flexibility index (Phi) is 7.73. The number of rotatable bonds is 6. The zero-order chi connectivity index (χ0) is 36.5. The monoisotopic (exact) mass is 807 g/mol. The number of nitrogens with one attached hydrogen (secondary N) is 1. The molecule has 1 atom stereocenters. The molecule has 0 aliphatic rings. The van der Waals surface area contributed by atoms with Crippen LogP contribution in [-0.2, 0) is 0 Å². The normalized spacial score (nSPS) is 13.1. The third kappa shape index (κ3) is 4.98. The number of pyridine rings is 2. The molecule has 0 saturated heterocycles. The van der Waals surface area contributed by atoms with Gasteiger partial charge in [-0.05, 0) is 0 Å². The summed E-state index contributed by atoms with van der Waals surface area (Å²) in [5, 5.41) is 12.7. The summed E-state index contributed by atoms with van der Waals surface area (Å²) in [6.45, 7) is 0. The van der Waals surface area contributed by atoms with Crippen LogP contribution < -0.4 is 30.9 Å². The van der Waals surface area contributed by atoms with Gasteiger partial charge in [-0.15, -0.1) is 0 Å². The quantitative estimate of drug-likeness (QED) is 0.0776. The van der Waals surface area contributed by atoms with Crippen molar-refractivity contribution in [3.63, 3.8) is 0 Å². The molecule has 259 valence electrons. The summed E-state index contributed by atoms with van der Waals surface area (Å²) in [5.74, 6) is 0. The van der Waals surface area contributed by atoms with Crippen LogP contribution in [0.1, 0.15) is 0 Å². The molecule has 0 fully saturated rings. The van der Waals surface area contributed by atoms with Crippen molar-refractivity contribution >= 4 is 116 Å². The van der Waals surface area contributed by atoms with Crippen LogP contribution in [0.2, 0.25) is 0 Å². The van der Waals surface area contributed by atoms with Gasteiger partial charge in [0, 0.05) is 0 Å². The predicted octanol–water partition coefficient (Wildman–Crippen LogP) is 8.99. The van der Waals surface area contributed by atoms with Gasteiger partial charge in [-0.25, -0.2) is 0 Å². The molecule has 11 aromatic rings. The van der Waals surface area contributed by atoms with Crippen molar-refractivity contribution in [3.8, 4) is 0 Å². The molecular formula is C48H33N4P2Se+2. The van der Waals surface area contributed by atoms with Crippen molar-refractivity contribution in [1.82, 2.24) is 14.3 Å². The molecule has 1 radical (unpaired) electrons. The predicted molar refractivity (Wildman–Crippen MR) is 236 cm³/mol. The summed E-state index contributed by atoms with van der Waals surface area (Å²) in [4.78, 5) is 8.44. The maximum absolute atomic E-state index is 4.45. The van der Waals surface area contributed by atoms with Crippen LogP contribution in [0.5, 0.6) is 0 Å². The topological polar surface area (TPSA) is 37.7 Å². The van der Waals surface area contributed by atoms with Gasteiger partial charge in [-0.2, -0.15) is 0 Å². The van der Waals surface area contributed by atoms with E-state index in [0.29, 0.717) is 0 Å². The summed E-state index contributed by atoms with van der Waals surface area (Å²) >= 11 is 3.86. The average Bonchev–Trinajstić information content (AvgIpc) is 3.81. The Morgan fingerprint density at radius 1 is 0.527 bits per heavy atom. The van der Waals surface area contributed by atoms with E-state index in [2.05, 4.69) is 216 Å². The van der Waals surface area contributed by atoms with Crippen LogP contribution in [0.15, 0.2) is 194 Å². The Labute approximate surface area is 327 Å². The van der Waals surface area contributed by atoms with E-state index in [1.807, 2.05) is 12.4 Å². The first-order valence-corrected chi connectivity index (χ1v) is 23.7. The zero-order valence-corrected chi connectivity index (χ0v) is 33.1. The SMILES string of the molecule is [Se][P+](c1ccncc1)(c1ccc2c(c1)[nH]c1c3ccccc3c3cccc(P(c4ccccc4)c4ccccc4)c3[n+]21)n1c2ccccc2c2ccccc21. The van der Waals surface area contributed by atoms with Gasteiger partial charge < -0.3 is 0 Å². The van der Waals surface area contributed by atoms with E-state index in [9.17, 15) is 0 Å². The summed E-state index contributed by atoms with van der Waals surface area (Å²) in [6, 6.07) is 66.9. The Bertz CT molecular complexity index is 3140. The molecule has 0 amide bonds. The molecule has 4 heterocycles. The van der Waals surface area contributed by atoms with Gasteiger partial charge in [0.15, 0.2) is 0 Å². The fourth-order valence-corrected chi connectivity index (χ4v) is 16.4. The minimum absolute atomic E-state index is 0.868. The van der Waals surface area contributed by atoms with Crippen molar-refractivity contribution in [2.24, 2.45) is 0 Å². The van der Waals surface area contributed by atoms with E-state index in [1.54, 1.807) is 0 Å². The van der Waals surface area contributed by atoms with Crippen LogP contribution in [-0.4, -0.2) is 29.9 Å². The Balaban J connectivity index is 1.24. The number of benzene rings is 7. The van der Waals surface area contributed by atoms with E-state index < -0.39 is 14.0 Å². The van der Waals surface area contributed by atoms with E-state index in [-0.39, 0.29) is 0 Å². The molecule has 0 bridgehead atoms. The third-order valence-electron chi connectivity index (χ3n) is 10.9. The van der Waals surface area contributed by atoms with Crippen molar-refractivity contribution in [2.75, 3.05) is 0 Å². The van der Waals surface area contributed by atoms with Crippen LogP contribution in [0.25, 0.3) is 60.2 Å². The van der Waals surface area contributed by atoms with Crippen molar-refractivity contribution in [1.29, 1.82) is 0 Å². The first kappa shape index (κ1) is 32.7. The molecule has 0 aliphatic carbocycles. The van der Waals surface area contributed by atoms with Crippen molar-refractivity contribution < 1.29 is 4.40 Å². The molecule has 4 aromatic heterocycles. The molecular weight excluding hydrogens is 773 g/mol. The third-order valence-corrected chi connectivity index (χ3v) is 20.0. The fraction of sp³-hybridized carbons (Fsp3) is 0. The van der Waals surface area contributed by atoms with Crippen LogP contribution >= 0.6 is 14.0 Å². The molecule has 0 saturated carbocycles. The van der Waals surface area contributed by atoms with Gasteiger partial charge in [-0.3, -0.25) is 0 Å². The van der Waals surface area contributed by atoms with E-state index in [1.165, 1.54) is 70.0 Å². The molecule has 1 N–H and O–H groups in total. The molecule has 11 rings (SSSR count). The number of aromatic amines is 1. The average molecular weight is 807 g/mol. The number of hydrogen-bond donors (Lipinski definition) is 1. The number of H-pyrrole nitrogens is 1. The molecule has 0 spiro atoms. The minimum atomic E-state index is -2.39. The first-order valence-electron chi connectivity index (χ1n) is 18.4. The molecule has 4 nitrogen and oxygen atoms in total. The second-order valence-electron chi connectivity index (χ2n) is 13.9. The number of hydrogen-bond acceptors (Lipinski definition) is 1. The van der Waals surface area contributed by atoms with Crippen molar-refractivity contribution in [3.05, 3.63) is 194 Å². The van der Waals surface area contributed by atoms with E-state index >= 15 is 0 Å². The van der Waals surface area contributed by atoms with E-state index in [4.69, 9.17) is 0 Å². The molecule has 1 unspecified atom stereocenters. The number of imidazole rings is 1. The van der Waals surface area contributed by atoms with Crippen LogP contribution in [0, 0.1) is 0 Å². The molecule has 0 aliphatic heterocycles. The molecule has 55 heavy (non-hydrogen) atoms. The Hall–Kier alpha value is -5.66. The molecule has 7 heteroatoms. The van der Waals surface area contributed by atoms with Crippen molar-refractivity contribution in [2.45, 2.75) is 0 Å². The maximum atomic E-state index is 4.45. The molecule has 7 aromatic carbocycles. The first-order chi connectivity index (χ1) is 27.2. The van der Waals surface area contributed by atoms with Gasteiger partial charge in [0.1, 0.15) is 0 Å². The Morgan fingerprint density at radius 3 is 1.75 bits per heavy atom. The van der Waals surface area contributed by atoms with Crippen LogP contribution in [0.3, 0.4) is 0 Å². The summed E-state index contributed by atoms with van der Waals surface area (Å²) in [6.07, 6.45) is 1.45. The number of para-hydroxylation sites is 3. The van der Waals surface area contributed by atoms with Gasteiger partial charge in [0.2, 0.25) is 0 Å². The van der Waals surface area contributed by atoms with Gasteiger partial charge in [-0.1, -0.05) is 12.1 Å². The second-order valence-corrected chi connectivity index (χ2v) is 22.0. The second kappa shape index (κ2) is 13.0. The van der Waals surface area contributed by atoms with Gasteiger partial charge in [0.05, 0.1) is 0 Å². The summed E-state index contributed by atoms with van der Waals surface area (Å²) in [5.41, 5.74) is 7.04. The fourth-order valence-electron chi connectivity index (χ4n) is 8.53. The standard InChI is InChI=1S/C48H32N4P2Se/c55-54(35-28-30-49-31-29-35,52-43-23-11-9-19-38(43)39-20-10-12-24-44(39)52)36-26-27-45-42(32-36)50-48-41-21-8-7-18-37(41)40-22-13-25-46(47(40)51(45)48)53(33-14-3-1-4-15-33)34-16-5-2-6-17-34/h1-32H/q+1/p+1. The number of fused-ring (bicyclic) bond motifs is 11.